The average Bonchev–Trinajstić information content (AvgIpc) is 3.26. The maximum Gasteiger partial charge on any atom is 0.280 e. The Hall–Kier alpha value is -2.16. The topological polar surface area (TPSA) is 63.5 Å². The lowest BCUT2D eigenvalue weighted by atomic mass is 10.2. The quantitative estimate of drug-likeness (QED) is 0.535. The van der Waals surface area contributed by atoms with E-state index >= 15 is 0 Å². The van der Waals surface area contributed by atoms with Crippen LogP contribution in [0.3, 0.4) is 0 Å². The molecule has 0 aliphatic rings. The molecular formula is C21H30ClN5O2S. The number of fused-ring (bicyclic) bond motifs is 1. The minimum atomic E-state index is -0.134. The number of aromatic nitrogens is 3. The van der Waals surface area contributed by atoms with Gasteiger partial charge in [0.15, 0.2) is 10.8 Å². The number of nitrogens with zero attached hydrogens (tertiary/aromatic N) is 5. The third-order valence-corrected chi connectivity index (χ3v) is 6.00. The molecule has 1 amide bonds. The number of carbonyl (C=O) groups is 1. The van der Waals surface area contributed by atoms with E-state index in [9.17, 15) is 4.79 Å². The van der Waals surface area contributed by atoms with Gasteiger partial charge in [0.2, 0.25) is 0 Å². The number of ether oxygens (including phenoxy) is 1. The SMILES string of the molecule is COc1ccc(C)c2sc(N(CCN(C)C)C(=O)c3cc(C)n(C(C)C)n3)nc12.Cl. The molecule has 0 bridgehead atoms. The Morgan fingerprint density at radius 2 is 1.93 bits per heavy atom. The number of methoxy groups -OCH3 is 1. The van der Waals surface area contributed by atoms with Crippen molar-refractivity contribution in [2.24, 2.45) is 0 Å². The Kier molecular flexibility index (Phi) is 7.85. The van der Waals surface area contributed by atoms with Gasteiger partial charge in [0.05, 0.1) is 11.8 Å². The normalized spacial score (nSPS) is 11.2. The fraction of sp³-hybridized carbons (Fsp3) is 0.476. The van der Waals surface area contributed by atoms with Crippen molar-refractivity contribution >= 4 is 45.0 Å². The van der Waals surface area contributed by atoms with E-state index in [1.54, 1.807) is 12.0 Å². The van der Waals surface area contributed by atoms with E-state index in [1.807, 2.05) is 50.8 Å². The lowest BCUT2D eigenvalue weighted by Crippen LogP contribution is -2.37. The fourth-order valence-corrected chi connectivity index (χ4v) is 4.29. The molecule has 0 unspecified atom stereocenters. The third kappa shape index (κ3) is 4.77. The van der Waals surface area contributed by atoms with Crippen LogP contribution in [0.2, 0.25) is 0 Å². The molecular weight excluding hydrogens is 422 g/mol. The smallest absolute Gasteiger partial charge is 0.280 e. The van der Waals surface area contributed by atoms with Gasteiger partial charge in [-0.05, 0) is 59.5 Å². The van der Waals surface area contributed by atoms with Crippen molar-refractivity contribution in [2.45, 2.75) is 33.7 Å². The number of aryl methyl sites for hydroxylation is 2. The molecule has 2 aromatic heterocycles. The number of benzene rings is 1. The molecule has 0 N–H and O–H groups in total. The molecule has 0 fully saturated rings. The number of hydrogen-bond donors (Lipinski definition) is 0. The largest absolute Gasteiger partial charge is 0.494 e. The number of carbonyl (C=O) groups excluding carboxylic acids is 1. The molecule has 30 heavy (non-hydrogen) atoms. The minimum Gasteiger partial charge on any atom is -0.494 e. The first-order valence-electron chi connectivity index (χ1n) is 9.69. The number of likely N-dealkylation sites (N-methyl/N-ethyl adjacent to an activating group) is 1. The van der Waals surface area contributed by atoms with E-state index in [0.29, 0.717) is 23.1 Å². The van der Waals surface area contributed by atoms with E-state index in [1.165, 1.54) is 11.3 Å². The number of amides is 1. The maximum atomic E-state index is 13.4. The molecule has 0 atom stereocenters. The van der Waals surface area contributed by atoms with Crippen LogP contribution in [0, 0.1) is 13.8 Å². The third-order valence-electron chi connectivity index (χ3n) is 4.79. The Balaban J connectivity index is 0.00000320. The van der Waals surface area contributed by atoms with E-state index in [2.05, 4.69) is 23.8 Å². The summed E-state index contributed by atoms with van der Waals surface area (Å²) in [6.07, 6.45) is 0. The lowest BCUT2D eigenvalue weighted by Gasteiger charge is -2.21. The van der Waals surface area contributed by atoms with E-state index in [-0.39, 0.29) is 24.4 Å². The second-order valence-electron chi connectivity index (χ2n) is 7.73. The van der Waals surface area contributed by atoms with Crippen LogP contribution in [-0.4, -0.2) is 59.9 Å². The number of anilines is 1. The fourth-order valence-electron chi connectivity index (χ4n) is 3.22. The Morgan fingerprint density at radius 1 is 1.23 bits per heavy atom. The molecule has 0 radical (unpaired) electrons. The summed E-state index contributed by atoms with van der Waals surface area (Å²) in [4.78, 5) is 22.0. The van der Waals surface area contributed by atoms with Gasteiger partial charge in [0.25, 0.3) is 5.91 Å². The van der Waals surface area contributed by atoms with Crippen LogP contribution in [0.15, 0.2) is 18.2 Å². The first kappa shape index (κ1) is 24.1. The summed E-state index contributed by atoms with van der Waals surface area (Å²) in [5.41, 5.74) is 3.32. The second-order valence-corrected chi connectivity index (χ2v) is 8.71. The van der Waals surface area contributed by atoms with Gasteiger partial charge in [0.1, 0.15) is 11.3 Å². The zero-order valence-corrected chi connectivity index (χ0v) is 20.2. The molecule has 3 aromatic rings. The minimum absolute atomic E-state index is 0. The molecule has 3 rings (SSSR count). The second kappa shape index (κ2) is 9.76. The van der Waals surface area contributed by atoms with Crippen molar-refractivity contribution in [2.75, 3.05) is 39.2 Å². The first-order chi connectivity index (χ1) is 13.7. The molecule has 2 heterocycles. The highest BCUT2D eigenvalue weighted by Crippen LogP contribution is 2.36. The lowest BCUT2D eigenvalue weighted by molar-refractivity contribution is 0.0979. The van der Waals surface area contributed by atoms with Crippen LogP contribution in [0.4, 0.5) is 5.13 Å². The predicted octanol–water partition coefficient (Wildman–Crippen LogP) is 4.33. The summed E-state index contributed by atoms with van der Waals surface area (Å²) < 4.78 is 8.39. The highest BCUT2D eigenvalue weighted by molar-refractivity contribution is 7.22. The average molecular weight is 452 g/mol. The summed E-state index contributed by atoms with van der Waals surface area (Å²) in [5, 5.41) is 5.22. The van der Waals surface area contributed by atoms with Gasteiger partial charge in [-0.2, -0.15) is 5.10 Å². The maximum absolute atomic E-state index is 13.4. The molecule has 1 aromatic carbocycles. The highest BCUT2D eigenvalue weighted by atomic mass is 35.5. The Labute approximate surface area is 188 Å². The Morgan fingerprint density at radius 3 is 2.50 bits per heavy atom. The van der Waals surface area contributed by atoms with Crippen molar-refractivity contribution in [1.29, 1.82) is 0 Å². The van der Waals surface area contributed by atoms with E-state index in [4.69, 9.17) is 9.72 Å². The summed E-state index contributed by atoms with van der Waals surface area (Å²) in [5.74, 6) is 0.582. The van der Waals surface area contributed by atoms with Gasteiger partial charge in [-0.25, -0.2) is 4.98 Å². The van der Waals surface area contributed by atoms with Crippen molar-refractivity contribution in [3.63, 3.8) is 0 Å². The zero-order chi connectivity index (χ0) is 21.3. The van der Waals surface area contributed by atoms with Gasteiger partial charge in [0, 0.05) is 24.8 Å². The van der Waals surface area contributed by atoms with Crippen molar-refractivity contribution in [3.05, 3.63) is 35.2 Å². The van der Waals surface area contributed by atoms with Crippen molar-refractivity contribution in [3.8, 4) is 5.75 Å². The molecule has 9 heteroatoms. The first-order valence-corrected chi connectivity index (χ1v) is 10.5. The highest BCUT2D eigenvalue weighted by Gasteiger charge is 2.25. The zero-order valence-electron chi connectivity index (χ0n) is 18.6. The van der Waals surface area contributed by atoms with Gasteiger partial charge >= 0.3 is 0 Å². The van der Waals surface area contributed by atoms with Crippen molar-refractivity contribution in [1.82, 2.24) is 19.7 Å². The molecule has 0 saturated carbocycles. The van der Waals surface area contributed by atoms with Crippen LogP contribution in [0.5, 0.6) is 5.75 Å². The number of hydrogen-bond acceptors (Lipinski definition) is 6. The van der Waals surface area contributed by atoms with Gasteiger partial charge in [-0.1, -0.05) is 17.4 Å². The van der Waals surface area contributed by atoms with Gasteiger partial charge < -0.3 is 9.64 Å². The number of thiazole rings is 1. The Bertz CT molecular complexity index is 1030. The van der Waals surface area contributed by atoms with E-state index < -0.39 is 0 Å². The van der Waals surface area contributed by atoms with E-state index in [0.717, 1.165) is 28.0 Å². The van der Waals surface area contributed by atoms with Crippen LogP contribution >= 0.6 is 23.7 Å². The van der Waals surface area contributed by atoms with Gasteiger partial charge in [-0.3, -0.25) is 14.4 Å². The molecule has 0 aliphatic carbocycles. The molecule has 0 aliphatic heterocycles. The molecule has 0 spiro atoms. The molecule has 164 valence electrons. The van der Waals surface area contributed by atoms with Crippen LogP contribution < -0.4 is 9.64 Å². The van der Waals surface area contributed by atoms with Gasteiger partial charge in [-0.15, -0.1) is 12.4 Å². The summed E-state index contributed by atoms with van der Waals surface area (Å²) in [6.45, 7) is 9.38. The van der Waals surface area contributed by atoms with Crippen LogP contribution in [-0.2, 0) is 0 Å². The standard InChI is InChI=1S/C21H29N5O2S.ClH/c1-13(2)26-15(4)12-16(23-26)20(27)25(11-10-24(5)6)21-22-18-17(28-7)9-8-14(3)19(18)29-21;/h8-9,12-13H,10-11H2,1-7H3;1H. The van der Waals surface area contributed by atoms with Crippen LogP contribution in [0.1, 0.15) is 41.6 Å². The number of halogens is 1. The summed E-state index contributed by atoms with van der Waals surface area (Å²) in [7, 11) is 5.62. The molecule has 0 saturated heterocycles. The monoisotopic (exact) mass is 451 g/mol. The summed E-state index contributed by atoms with van der Waals surface area (Å²) in [6, 6.07) is 5.98. The summed E-state index contributed by atoms with van der Waals surface area (Å²) >= 11 is 1.51. The van der Waals surface area contributed by atoms with Crippen LogP contribution in [0.25, 0.3) is 10.2 Å². The number of rotatable bonds is 7. The predicted molar refractivity (Wildman–Crippen MR) is 126 cm³/mol. The van der Waals surface area contributed by atoms with Crippen molar-refractivity contribution < 1.29 is 9.53 Å². The molecule has 7 nitrogen and oxygen atoms in total.